The highest BCUT2D eigenvalue weighted by Gasteiger charge is 2.19. The van der Waals surface area contributed by atoms with Crippen molar-refractivity contribution in [2.24, 2.45) is 5.92 Å². The minimum Gasteiger partial charge on any atom is -0.496 e. The molecule has 3 rings (SSSR count). The fraction of sp³-hybridized carbons (Fsp3) is 0.522. The Kier molecular flexibility index (Phi) is 8.52. The van der Waals surface area contributed by atoms with Gasteiger partial charge in [-0.25, -0.2) is 4.98 Å². The molecule has 1 aliphatic rings. The maximum atomic E-state index is 12.3. The van der Waals surface area contributed by atoms with Crippen LogP contribution in [0, 0.1) is 9.49 Å². The molecule has 1 saturated carbocycles. The summed E-state index contributed by atoms with van der Waals surface area (Å²) in [4.78, 5) is 20.7. The van der Waals surface area contributed by atoms with Crippen molar-refractivity contribution in [1.82, 2.24) is 15.3 Å². The van der Waals surface area contributed by atoms with Crippen molar-refractivity contribution in [3.05, 3.63) is 27.5 Å². The second-order valence-corrected chi connectivity index (χ2v) is 9.77. The number of carbonyl (C=O) groups is 1. The zero-order valence-corrected chi connectivity index (χ0v) is 21.2. The summed E-state index contributed by atoms with van der Waals surface area (Å²) in [6.45, 7) is 6.66. The van der Waals surface area contributed by atoms with E-state index in [1.165, 1.54) is 19.0 Å². The lowest BCUT2D eigenvalue weighted by atomic mass is 9.87. The first kappa shape index (κ1) is 24.5. The van der Waals surface area contributed by atoms with Gasteiger partial charge in [0.2, 0.25) is 11.9 Å². The van der Waals surface area contributed by atoms with Crippen molar-refractivity contribution in [2.75, 3.05) is 24.7 Å². The largest absolute Gasteiger partial charge is 0.496 e. The molecule has 1 heterocycles. The molecule has 9 heteroatoms. The number of hydrogen-bond acceptors (Lipinski definition) is 7. The number of nitrogens with zero attached hydrogens (tertiary/aromatic N) is 2. The molecule has 4 N–H and O–H groups in total. The summed E-state index contributed by atoms with van der Waals surface area (Å²) in [5.74, 6) is 2.92. The second kappa shape index (κ2) is 11.1. The van der Waals surface area contributed by atoms with Gasteiger partial charge in [0.05, 0.1) is 23.4 Å². The molecule has 1 aliphatic carbocycles. The van der Waals surface area contributed by atoms with Crippen molar-refractivity contribution in [2.45, 2.75) is 58.4 Å². The highest BCUT2D eigenvalue weighted by atomic mass is 127. The predicted octanol–water partition coefficient (Wildman–Crippen LogP) is 4.69. The average Bonchev–Trinajstić information content (AvgIpc) is 2.75. The molecule has 1 aromatic heterocycles. The fourth-order valence-corrected chi connectivity index (χ4v) is 4.42. The molecule has 1 fully saturated rings. The van der Waals surface area contributed by atoms with Crippen LogP contribution >= 0.6 is 22.6 Å². The van der Waals surface area contributed by atoms with Crippen molar-refractivity contribution in [3.8, 4) is 17.2 Å². The Morgan fingerprint density at radius 2 is 1.94 bits per heavy atom. The number of anilines is 2. The average molecular weight is 553 g/mol. The number of nitrogen functional groups attached to an aromatic ring is 1. The SMILES string of the molecule is COc1cc(C(C)C)c(Oc2cnc(NC(=O)CNC3CCC(C)CC3)nc2N)cc1I. The van der Waals surface area contributed by atoms with Crippen molar-refractivity contribution in [3.63, 3.8) is 0 Å². The van der Waals surface area contributed by atoms with E-state index in [0.717, 1.165) is 33.6 Å². The van der Waals surface area contributed by atoms with Gasteiger partial charge in [-0.1, -0.05) is 20.8 Å². The van der Waals surface area contributed by atoms with E-state index in [9.17, 15) is 4.79 Å². The number of rotatable bonds is 8. The molecule has 0 saturated heterocycles. The van der Waals surface area contributed by atoms with E-state index in [1.807, 2.05) is 12.1 Å². The lowest BCUT2D eigenvalue weighted by Gasteiger charge is -2.26. The summed E-state index contributed by atoms with van der Waals surface area (Å²) >= 11 is 2.20. The van der Waals surface area contributed by atoms with E-state index in [0.29, 0.717) is 17.5 Å². The monoisotopic (exact) mass is 553 g/mol. The van der Waals surface area contributed by atoms with Crippen LogP contribution in [-0.2, 0) is 4.79 Å². The molecule has 1 aromatic carbocycles. The first-order chi connectivity index (χ1) is 15.3. The number of amides is 1. The number of benzene rings is 1. The number of halogens is 1. The van der Waals surface area contributed by atoms with Gasteiger partial charge in [-0.05, 0) is 72.2 Å². The molecule has 0 bridgehead atoms. The van der Waals surface area contributed by atoms with Gasteiger partial charge in [0.15, 0.2) is 11.6 Å². The second-order valence-electron chi connectivity index (χ2n) is 8.61. The molecule has 32 heavy (non-hydrogen) atoms. The number of aromatic nitrogens is 2. The first-order valence-electron chi connectivity index (χ1n) is 11.0. The summed E-state index contributed by atoms with van der Waals surface area (Å²) < 4.78 is 12.4. The summed E-state index contributed by atoms with van der Waals surface area (Å²) in [5.41, 5.74) is 7.09. The van der Waals surface area contributed by atoms with Crippen LogP contribution in [0.25, 0.3) is 0 Å². The van der Waals surface area contributed by atoms with Gasteiger partial charge < -0.3 is 20.5 Å². The molecule has 0 radical (unpaired) electrons. The topological polar surface area (TPSA) is 111 Å². The van der Waals surface area contributed by atoms with E-state index in [1.54, 1.807) is 7.11 Å². The van der Waals surface area contributed by atoms with Crippen molar-refractivity contribution in [1.29, 1.82) is 0 Å². The third-order valence-corrected chi connectivity index (χ3v) is 6.57. The quantitative estimate of drug-likeness (QED) is 0.407. The van der Waals surface area contributed by atoms with Crippen LogP contribution < -0.4 is 25.8 Å². The minimum atomic E-state index is -0.191. The summed E-state index contributed by atoms with van der Waals surface area (Å²) in [6, 6.07) is 4.26. The van der Waals surface area contributed by atoms with Gasteiger partial charge in [0.25, 0.3) is 0 Å². The van der Waals surface area contributed by atoms with Crippen LogP contribution in [0.2, 0.25) is 0 Å². The van der Waals surface area contributed by atoms with Crippen LogP contribution in [0.5, 0.6) is 17.2 Å². The smallest absolute Gasteiger partial charge is 0.240 e. The molecule has 0 unspecified atom stereocenters. The Balaban J connectivity index is 1.63. The zero-order chi connectivity index (χ0) is 23.3. The standard InChI is InChI=1S/C23H32IN5O3/c1-13(2)16-9-19(31-4)17(24)10-18(16)32-20-11-27-23(29-22(20)25)28-21(30)12-26-15-7-5-14(3)6-8-15/h9-11,13-15,26H,5-8,12H2,1-4H3,(H3,25,27,28,29,30). The van der Waals surface area contributed by atoms with Crippen LogP contribution in [-0.4, -0.2) is 35.6 Å². The molecule has 0 spiro atoms. The maximum Gasteiger partial charge on any atom is 0.240 e. The Morgan fingerprint density at radius 1 is 1.22 bits per heavy atom. The van der Waals surface area contributed by atoms with Gasteiger partial charge in [-0.15, -0.1) is 0 Å². The number of nitrogens with one attached hydrogen (secondary N) is 2. The molecule has 2 aromatic rings. The van der Waals surface area contributed by atoms with E-state index in [2.05, 4.69) is 64.0 Å². The van der Waals surface area contributed by atoms with Crippen molar-refractivity contribution < 1.29 is 14.3 Å². The van der Waals surface area contributed by atoms with Crippen molar-refractivity contribution >= 4 is 40.3 Å². The highest BCUT2D eigenvalue weighted by molar-refractivity contribution is 14.1. The van der Waals surface area contributed by atoms with E-state index >= 15 is 0 Å². The summed E-state index contributed by atoms with van der Waals surface area (Å²) in [5, 5.41) is 6.02. The zero-order valence-electron chi connectivity index (χ0n) is 19.1. The molecular formula is C23H32IN5O3. The Hall–Kier alpha value is -2.14. The predicted molar refractivity (Wildman–Crippen MR) is 134 cm³/mol. The molecule has 174 valence electrons. The Morgan fingerprint density at radius 3 is 2.56 bits per heavy atom. The number of methoxy groups -OCH3 is 1. The molecule has 0 aliphatic heterocycles. The van der Waals surface area contributed by atoms with Gasteiger partial charge in [-0.2, -0.15) is 4.98 Å². The Bertz CT molecular complexity index is 945. The van der Waals surface area contributed by atoms with Gasteiger partial charge in [0.1, 0.15) is 11.5 Å². The third-order valence-electron chi connectivity index (χ3n) is 5.73. The van der Waals surface area contributed by atoms with Crippen LogP contribution in [0.15, 0.2) is 18.3 Å². The lowest BCUT2D eigenvalue weighted by Crippen LogP contribution is -2.38. The summed E-state index contributed by atoms with van der Waals surface area (Å²) in [6.07, 6.45) is 6.09. The summed E-state index contributed by atoms with van der Waals surface area (Å²) in [7, 11) is 1.64. The normalized spacial score (nSPS) is 18.4. The highest BCUT2D eigenvalue weighted by Crippen LogP contribution is 2.37. The third kappa shape index (κ3) is 6.44. The number of nitrogens with two attached hydrogens (primary N) is 1. The first-order valence-corrected chi connectivity index (χ1v) is 12.1. The van der Waals surface area contributed by atoms with Crippen LogP contribution in [0.3, 0.4) is 0 Å². The lowest BCUT2D eigenvalue weighted by molar-refractivity contribution is -0.115. The number of carbonyl (C=O) groups excluding carboxylic acids is 1. The molecular weight excluding hydrogens is 521 g/mol. The van der Waals surface area contributed by atoms with Gasteiger partial charge in [-0.3, -0.25) is 10.1 Å². The molecule has 0 atom stereocenters. The van der Waals surface area contributed by atoms with Crippen LogP contribution in [0.1, 0.15) is 57.9 Å². The van der Waals surface area contributed by atoms with E-state index in [-0.39, 0.29) is 30.1 Å². The fourth-order valence-electron chi connectivity index (χ4n) is 3.76. The maximum absolute atomic E-state index is 12.3. The molecule has 1 amide bonds. The molecule has 8 nitrogen and oxygen atoms in total. The number of hydrogen-bond donors (Lipinski definition) is 3. The van der Waals surface area contributed by atoms with Gasteiger partial charge in [0, 0.05) is 11.6 Å². The van der Waals surface area contributed by atoms with Gasteiger partial charge >= 0.3 is 0 Å². The number of ether oxygens (including phenoxy) is 2. The Labute approximate surface area is 203 Å². The van der Waals surface area contributed by atoms with Crippen LogP contribution in [0.4, 0.5) is 11.8 Å². The minimum absolute atomic E-state index is 0.157. The van der Waals surface area contributed by atoms with E-state index < -0.39 is 0 Å². The van der Waals surface area contributed by atoms with E-state index in [4.69, 9.17) is 15.2 Å².